The van der Waals surface area contributed by atoms with E-state index >= 15 is 0 Å². The normalized spacial score (nSPS) is 24.5. The van der Waals surface area contributed by atoms with Crippen LogP contribution in [-0.4, -0.2) is 19.9 Å². The first-order valence-corrected chi connectivity index (χ1v) is 17.2. The molecular formula is C40H42N4. The summed E-state index contributed by atoms with van der Waals surface area (Å²) in [5, 5.41) is 0. The maximum atomic E-state index is 5.37. The number of nitrogens with zero attached hydrogens (tertiary/aromatic N) is 2. The molecule has 0 radical (unpaired) electrons. The minimum Gasteiger partial charge on any atom is -0.355 e. The topological polar surface area (TPSA) is 57.4 Å². The van der Waals surface area contributed by atoms with Gasteiger partial charge < -0.3 is 9.97 Å². The molecule has 8 aliphatic rings. The SMILES string of the molecule is CCC1=C(CC)c2cc3[nH]c(cc4[nH]c(cc5nc(cc1n2)C(CC)=C5CC)c1c4C2C=CC1CC2)c1c3C2C=CC1CC2. The summed E-state index contributed by atoms with van der Waals surface area (Å²) >= 11 is 0. The Hall–Kier alpha value is -3.92. The lowest BCUT2D eigenvalue weighted by atomic mass is 9.72. The summed E-state index contributed by atoms with van der Waals surface area (Å²) in [5.74, 6) is 1.92. The van der Waals surface area contributed by atoms with Gasteiger partial charge in [-0.1, -0.05) is 52.0 Å². The molecule has 0 saturated heterocycles. The minimum atomic E-state index is 0.477. The molecule has 2 aliphatic heterocycles. The van der Waals surface area contributed by atoms with Gasteiger partial charge in [-0.25, -0.2) is 9.97 Å². The molecule has 44 heavy (non-hydrogen) atoms. The van der Waals surface area contributed by atoms with E-state index in [1.54, 1.807) is 0 Å². The number of hydrogen-bond donors (Lipinski definition) is 2. The molecule has 0 amide bonds. The standard InChI is InChI=1S/C40H42N4/c1-5-25-27(7-3)31-18-33-37-21-9-13-23(14-10-21)39(37)35(43-33)20-36-40-24-15-11-22(12-16-24)38(40)34(44-36)19-32-28(8-4)26(6-2)30(42-32)17-29(25)41-31/h9,11,13,15,17-24,43-44H,5-8,10,12,14,16H2,1-4H3. The van der Waals surface area contributed by atoms with Crippen LogP contribution in [0.25, 0.3) is 44.4 Å². The average molecular weight is 579 g/mol. The van der Waals surface area contributed by atoms with E-state index in [0.29, 0.717) is 23.7 Å². The number of hydrogen-bond acceptors (Lipinski definition) is 2. The van der Waals surface area contributed by atoms with Crippen molar-refractivity contribution in [2.24, 2.45) is 0 Å². The van der Waals surface area contributed by atoms with Crippen LogP contribution in [0.2, 0.25) is 0 Å². The van der Waals surface area contributed by atoms with Crippen LogP contribution in [0.15, 0.2) is 48.6 Å². The van der Waals surface area contributed by atoms with Crippen molar-refractivity contribution in [1.82, 2.24) is 19.9 Å². The van der Waals surface area contributed by atoms with Gasteiger partial charge in [0.25, 0.3) is 0 Å². The molecule has 4 heteroatoms. The van der Waals surface area contributed by atoms with E-state index in [2.05, 4.69) is 86.2 Å². The molecule has 4 unspecified atom stereocenters. The van der Waals surface area contributed by atoms with Crippen LogP contribution in [0.4, 0.5) is 0 Å². The second kappa shape index (κ2) is 9.79. The molecule has 5 heterocycles. The summed E-state index contributed by atoms with van der Waals surface area (Å²) in [4.78, 5) is 18.7. The van der Waals surface area contributed by atoms with Gasteiger partial charge >= 0.3 is 0 Å². The van der Waals surface area contributed by atoms with Gasteiger partial charge in [-0.3, -0.25) is 0 Å². The van der Waals surface area contributed by atoms with Crippen molar-refractivity contribution in [3.8, 4) is 0 Å². The number of nitrogens with one attached hydrogen (secondary N) is 2. The molecule has 4 atom stereocenters. The van der Waals surface area contributed by atoms with Crippen molar-refractivity contribution in [3.63, 3.8) is 0 Å². The molecule has 0 aromatic carbocycles. The number of fused-ring (bicyclic) bond motifs is 10. The van der Waals surface area contributed by atoms with E-state index < -0.39 is 0 Å². The molecule has 222 valence electrons. The van der Waals surface area contributed by atoms with Crippen LogP contribution in [0, 0.1) is 0 Å². The third kappa shape index (κ3) is 3.63. The van der Waals surface area contributed by atoms with Gasteiger partial charge in [-0.15, -0.1) is 0 Å². The predicted molar refractivity (Wildman–Crippen MR) is 184 cm³/mol. The summed E-state index contributed by atoms with van der Waals surface area (Å²) in [6.45, 7) is 9.11. The molecular weight excluding hydrogens is 536 g/mol. The molecule has 3 aromatic heterocycles. The smallest absolute Gasteiger partial charge is 0.0694 e. The Bertz CT molecular complexity index is 1900. The van der Waals surface area contributed by atoms with Gasteiger partial charge in [0.15, 0.2) is 0 Å². The highest BCUT2D eigenvalue weighted by molar-refractivity contribution is 5.96. The molecule has 0 spiro atoms. The van der Waals surface area contributed by atoms with Gasteiger partial charge in [0.1, 0.15) is 0 Å². The van der Waals surface area contributed by atoms with Gasteiger partial charge in [-0.2, -0.15) is 0 Å². The van der Waals surface area contributed by atoms with Crippen molar-refractivity contribution in [2.75, 3.05) is 0 Å². The molecule has 12 bridgehead atoms. The molecule has 3 aromatic rings. The number of allylic oxidation sites excluding steroid dienone is 8. The third-order valence-electron chi connectivity index (χ3n) is 11.5. The van der Waals surface area contributed by atoms with Crippen LogP contribution < -0.4 is 0 Å². The Morgan fingerprint density at radius 2 is 0.750 bits per heavy atom. The van der Waals surface area contributed by atoms with E-state index in [0.717, 1.165) is 48.5 Å². The van der Waals surface area contributed by atoms with E-state index in [4.69, 9.17) is 9.97 Å². The van der Waals surface area contributed by atoms with E-state index in [9.17, 15) is 0 Å². The third-order valence-corrected chi connectivity index (χ3v) is 11.5. The first kappa shape index (κ1) is 26.5. The fraction of sp³-hybridized carbons (Fsp3) is 0.400. The highest BCUT2D eigenvalue weighted by Gasteiger charge is 2.35. The average Bonchev–Trinajstić information content (AvgIpc) is 3.80. The fourth-order valence-corrected chi connectivity index (χ4v) is 9.55. The highest BCUT2D eigenvalue weighted by Crippen LogP contribution is 2.51. The van der Waals surface area contributed by atoms with Crippen molar-refractivity contribution < 1.29 is 0 Å². The number of aromatic amines is 2. The van der Waals surface area contributed by atoms with E-state index in [1.165, 1.54) is 92.3 Å². The van der Waals surface area contributed by atoms with Crippen LogP contribution in [0.5, 0.6) is 0 Å². The fourth-order valence-electron chi connectivity index (χ4n) is 9.55. The van der Waals surface area contributed by atoms with Crippen molar-refractivity contribution in [3.05, 3.63) is 93.6 Å². The lowest BCUT2D eigenvalue weighted by molar-refractivity contribution is 0.561. The quantitative estimate of drug-likeness (QED) is 0.303. The van der Waals surface area contributed by atoms with Crippen molar-refractivity contribution in [1.29, 1.82) is 0 Å². The highest BCUT2D eigenvalue weighted by atomic mass is 14.8. The second-order valence-corrected chi connectivity index (χ2v) is 13.6. The van der Waals surface area contributed by atoms with Gasteiger partial charge in [-0.05, 0) is 120 Å². The number of rotatable bonds is 4. The zero-order chi connectivity index (χ0) is 29.7. The zero-order valence-corrected chi connectivity index (χ0v) is 26.5. The number of aromatic nitrogens is 4. The van der Waals surface area contributed by atoms with Crippen LogP contribution in [0.1, 0.15) is 148 Å². The Labute approximate surface area is 260 Å². The van der Waals surface area contributed by atoms with Crippen LogP contribution >= 0.6 is 0 Å². The summed E-state index contributed by atoms with van der Waals surface area (Å²) in [5.41, 5.74) is 21.0. The van der Waals surface area contributed by atoms with Crippen molar-refractivity contribution in [2.45, 2.75) is 103 Å². The Balaban J connectivity index is 1.46. The molecule has 6 aliphatic carbocycles. The zero-order valence-electron chi connectivity index (χ0n) is 26.5. The van der Waals surface area contributed by atoms with Crippen LogP contribution in [-0.2, 0) is 0 Å². The first-order chi connectivity index (χ1) is 21.6. The predicted octanol–water partition coefficient (Wildman–Crippen LogP) is 10.8. The minimum absolute atomic E-state index is 0.477. The Morgan fingerprint density at radius 1 is 0.455 bits per heavy atom. The lowest BCUT2D eigenvalue weighted by Gasteiger charge is -2.32. The molecule has 0 fully saturated rings. The van der Waals surface area contributed by atoms with E-state index in [-0.39, 0.29) is 0 Å². The molecule has 0 saturated carbocycles. The van der Waals surface area contributed by atoms with Crippen molar-refractivity contribution >= 4 is 44.4 Å². The second-order valence-electron chi connectivity index (χ2n) is 13.6. The van der Waals surface area contributed by atoms with Gasteiger partial charge in [0.05, 0.1) is 22.8 Å². The maximum absolute atomic E-state index is 5.37. The first-order valence-electron chi connectivity index (χ1n) is 17.2. The Kier molecular flexibility index (Phi) is 5.89. The summed E-state index contributed by atoms with van der Waals surface area (Å²) < 4.78 is 0. The number of H-pyrrole nitrogens is 2. The van der Waals surface area contributed by atoms with Crippen LogP contribution in [0.3, 0.4) is 0 Å². The van der Waals surface area contributed by atoms with Gasteiger partial charge in [0.2, 0.25) is 0 Å². The summed E-state index contributed by atoms with van der Waals surface area (Å²) in [6.07, 6.45) is 18.7. The lowest BCUT2D eigenvalue weighted by Crippen LogP contribution is -2.15. The summed E-state index contributed by atoms with van der Waals surface area (Å²) in [6, 6.07) is 9.51. The maximum Gasteiger partial charge on any atom is 0.0694 e. The monoisotopic (exact) mass is 578 g/mol. The largest absolute Gasteiger partial charge is 0.355 e. The molecule has 4 nitrogen and oxygen atoms in total. The van der Waals surface area contributed by atoms with E-state index in [1.807, 2.05) is 0 Å². The molecule has 11 rings (SSSR count). The molecule has 2 N–H and O–H groups in total. The summed E-state index contributed by atoms with van der Waals surface area (Å²) in [7, 11) is 0. The Morgan fingerprint density at radius 3 is 1.05 bits per heavy atom. The van der Waals surface area contributed by atoms with Gasteiger partial charge in [0, 0.05) is 45.7 Å².